The summed E-state index contributed by atoms with van der Waals surface area (Å²) in [6, 6.07) is 15.4. The van der Waals surface area contributed by atoms with E-state index < -0.39 is 29.3 Å². The molecule has 2 amide bonds. The molecule has 1 aliphatic heterocycles. The van der Waals surface area contributed by atoms with Crippen LogP contribution in [0.1, 0.15) is 18.1 Å². The molecule has 3 aromatic rings. The van der Waals surface area contributed by atoms with Crippen molar-refractivity contribution in [3.63, 3.8) is 0 Å². The van der Waals surface area contributed by atoms with E-state index in [0.717, 1.165) is 17.0 Å². The predicted octanol–water partition coefficient (Wildman–Crippen LogP) is 4.89. The molecule has 0 saturated heterocycles. The number of rotatable bonds is 7. The van der Waals surface area contributed by atoms with Crippen LogP contribution in [0.3, 0.4) is 0 Å². The molecular weight excluding hydrogens is 433 g/mol. The van der Waals surface area contributed by atoms with Crippen LogP contribution in [0.15, 0.2) is 72.4 Å². The van der Waals surface area contributed by atoms with E-state index in [1.165, 1.54) is 24.3 Å². The molecule has 1 aliphatic rings. The van der Waals surface area contributed by atoms with Gasteiger partial charge in [0.1, 0.15) is 17.3 Å². The van der Waals surface area contributed by atoms with Crippen LogP contribution in [-0.2, 0) is 16.1 Å². The Bertz CT molecular complexity index is 1260. The molecule has 8 heteroatoms. The van der Waals surface area contributed by atoms with Gasteiger partial charge >= 0.3 is 0 Å². The molecule has 168 valence electrons. The number of halogens is 3. The van der Waals surface area contributed by atoms with E-state index >= 15 is 0 Å². The van der Waals surface area contributed by atoms with Gasteiger partial charge in [0.2, 0.25) is 0 Å². The van der Waals surface area contributed by atoms with Crippen molar-refractivity contribution in [1.29, 1.82) is 0 Å². The summed E-state index contributed by atoms with van der Waals surface area (Å²) in [4.78, 5) is 27.4. The number of carbonyl (C=O) groups is 2. The molecule has 1 heterocycles. The maximum atomic E-state index is 14.2. The van der Waals surface area contributed by atoms with Crippen LogP contribution in [0.2, 0.25) is 0 Å². The maximum absolute atomic E-state index is 14.2. The van der Waals surface area contributed by atoms with Crippen LogP contribution in [0.5, 0.6) is 5.75 Å². The number of anilines is 1. The van der Waals surface area contributed by atoms with E-state index in [9.17, 15) is 22.8 Å². The zero-order valence-corrected chi connectivity index (χ0v) is 17.6. The Morgan fingerprint density at radius 1 is 0.848 bits per heavy atom. The largest absolute Gasteiger partial charge is 0.494 e. The fourth-order valence-electron chi connectivity index (χ4n) is 3.50. The van der Waals surface area contributed by atoms with E-state index in [-0.39, 0.29) is 29.1 Å². The van der Waals surface area contributed by atoms with Crippen LogP contribution >= 0.6 is 0 Å². The van der Waals surface area contributed by atoms with Crippen LogP contribution < -0.4 is 10.1 Å². The molecule has 0 aliphatic carbocycles. The van der Waals surface area contributed by atoms with E-state index in [2.05, 4.69) is 5.32 Å². The maximum Gasteiger partial charge on any atom is 0.278 e. The van der Waals surface area contributed by atoms with Gasteiger partial charge in [-0.15, -0.1) is 0 Å². The fourth-order valence-corrected chi connectivity index (χ4v) is 3.50. The SMILES string of the molecule is CCOc1ccc(C2=C(Nc3ccc(F)c(F)c3)C(=O)N(Cc3ccccc3F)C2=O)cc1. The Hall–Kier alpha value is -4.07. The number of imide groups is 1. The lowest BCUT2D eigenvalue weighted by Gasteiger charge is -2.16. The molecule has 0 unspecified atom stereocenters. The molecule has 3 aromatic carbocycles. The van der Waals surface area contributed by atoms with Gasteiger partial charge in [-0.25, -0.2) is 13.2 Å². The molecule has 33 heavy (non-hydrogen) atoms. The van der Waals surface area contributed by atoms with Crippen molar-refractivity contribution in [3.05, 3.63) is 101 Å². The lowest BCUT2D eigenvalue weighted by molar-refractivity contribution is -0.137. The topological polar surface area (TPSA) is 58.6 Å². The Morgan fingerprint density at radius 2 is 1.58 bits per heavy atom. The molecule has 0 atom stereocenters. The summed E-state index contributed by atoms with van der Waals surface area (Å²) in [6.45, 7) is 2.01. The van der Waals surface area contributed by atoms with E-state index in [4.69, 9.17) is 4.74 Å². The second-order valence-corrected chi connectivity index (χ2v) is 7.25. The van der Waals surface area contributed by atoms with E-state index in [1.807, 2.05) is 6.92 Å². The van der Waals surface area contributed by atoms with Gasteiger partial charge in [-0.1, -0.05) is 30.3 Å². The molecule has 0 aromatic heterocycles. The van der Waals surface area contributed by atoms with Gasteiger partial charge in [-0.3, -0.25) is 14.5 Å². The molecule has 0 fully saturated rings. The predicted molar refractivity (Wildman–Crippen MR) is 116 cm³/mol. The van der Waals surface area contributed by atoms with Crippen LogP contribution in [0.4, 0.5) is 18.9 Å². The number of nitrogens with one attached hydrogen (secondary N) is 1. The van der Waals surface area contributed by atoms with Gasteiger partial charge in [0.05, 0.1) is 18.7 Å². The highest BCUT2D eigenvalue weighted by atomic mass is 19.2. The van der Waals surface area contributed by atoms with Crippen molar-refractivity contribution in [2.75, 3.05) is 11.9 Å². The third kappa shape index (κ3) is 4.45. The van der Waals surface area contributed by atoms with E-state index in [0.29, 0.717) is 17.9 Å². The first kappa shape index (κ1) is 22.1. The highest BCUT2D eigenvalue weighted by Crippen LogP contribution is 2.33. The van der Waals surface area contributed by atoms with Gasteiger partial charge < -0.3 is 10.1 Å². The number of hydrogen-bond acceptors (Lipinski definition) is 4. The van der Waals surface area contributed by atoms with Gasteiger partial charge in [-0.05, 0) is 42.8 Å². The molecule has 0 spiro atoms. The zero-order valence-electron chi connectivity index (χ0n) is 17.6. The number of amides is 2. The van der Waals surface area contributed by atoms with Crippen molar-refractivity contribution in [2.24, 2.45) is 0 Å². The van der Waals surface area contributed by atoms with E-state index in [1.54, 1.807) is 30.3 Å². The average molecular weight is 452 g/mol. The van der Waals surface area contributed by atoms with Crippen molar-refractivity contribution < 1.29 is 27.5 Å². The fraction of sp³-hybridized carbons (Fsp3) is 0.120. The van der Waals surface area contributed by atoms with Crippen LogP contribution in [0, 0.1) is 17.5 Å². The molecule has 1 N–H and O–H groups in total. The Labute approximate surface area is 188 Å². The third-order valence-corrected chi connectivity index (χ3v) is 5.10. The zero-order chi connectivity index (χ0) is 23.5. The Balaban J connectivity index is 1.74. The first-order valence-electron chi connectivity index (χ1n) is 10.2. The number of ether oxygens (including phenoxy) is 1. The Kier molecular flexibility index (Phi) is 6.17. The third-order valence-electron chi connectivity index (χ3n) is 5.10. The Morgan fingerprint density at radius 3 is 2.24 bits per heavy atom. The molecule has 0 radical (unpaired) electrons. The van der Waals surface area contributed by atoms with Gasteiger partial charge in [0, 0.05) is 17.3 Å². The van der Waals surface area contributed by atoms with Gasteiger partial charge in [0.25, 0.3) is 11.8 Å². The summed E-state index contributed by atoms with van der Waals surface area (Å²) < 4.78 is 46.7. The van der Waals surface area contributed by atoms with Crippen molar-refractivity contribution >= 4 is 23.1 Å². The highest BCUT2D eigenvalue weighted by Gasteiger charge is 2.39. The monoisotopic (exact) mass is 452 g/mol. The molecule has 4 rings (SSSR count). The highest BCUT2D eigenvalue weighted by molar-refractivity contribution is 6.36. The second kappa shape index (κ2) is 9.20. The van der Waals surface area contributed by atoms with Crippen molar-refractivity contribution in [3.8, 4) is 5.75 Å². The number of carbonyl (C=O) groups excluding carboxylic acids is 2. The molecule has 0 saturated carbocycles. The smallest absolute Gasteiger partial charge is 0.278 e. The first-order chi connectivity index (χ1) is 15.9. The van der Waals surface area contributed by atoms with Crippen LogP contribution in [0.25, 0.3) is 5.57 Å². The molecule has 0 bridgehead atoms. The minimum atomic E-state index is -1.11. The van der Waals surface area contributed by atoms with Crippen molar-refractivity contribution in [2.45, 2.75) is 13.5 Å². The first-order valence-corrected chi connectivity index (χ1v) is 10.2. The van der Waals surface area contributed by atoms with Crippen molar-refractivity contribution in [1.82, 2.24) is 4.90 Å². The standard InChI is InChI=1S/C25H19F3N2O3/c1-2-33-18-10-7-15(8-11-18)22-23(29-17-9-12-20(27)21(28)13-17)25(32)30(24(22)31)14-16-5-3-4-6-19(16)26/h3-13,29H,2,14H2,1H3. The lowest BCUT2D eigenvalue weighted by atomic mass is 10.0. The molecular formula is C25H19F3N2O3. The minimum absolute atomic E-state index is 0.0316. The summed E-state index contributed by atoms with van der Waals surface area (Å²) >= 11 is 0. The number of hydrogen-bond donors (Lipinski definition) is 1. The summed E-state index contributed by atoms with van der Waals surface area (Å²) in [5.41, 5.74) is 0.578. The van der Waals surface area contributed by atoms with Gasteiger partial charge in [0.15, 0.2) is 11.6 Å². The lowest BCUT2D eigenvalue weighted by Crippen LogP contribution is -2.32. The summed E-state index contributed by atoms with van der Waals surface area (Å²) in [5, 5.41) is 2.74. The summed E-state index contributed by atoms with van der Waals surface area (Å²) in [7, 11) is 0. The average Bonchev–Trinajstić information content (AvgIpc) is 3.03. The minimum Gasteiger partial charge on any atom is -0.494 e. The number of benzene rings is 3. The quantitative estimate of drug-likeness (QED) is 0.519. The van der Waals surface area contributed by atoms with Gasteiger partial charge in [-0.2, -0.15) is 0 Å². The normalized spacial score (nSPS) is 13.6. The summed E-state index contributed by atoms with van der Waals surface area (Å²) in [5.74, 6) is -3.48. The van der Waals surface area contributed by atoms with Crippen LogP contribution in [-0.4, -0.2) is 23.3 Å². The molecule has 5 nitrogen and oxygen atoms in total. The second-order valence-electron chi connectivity index (χ2n) is 7.25. The summed E-state index contributed by atoms with van der Waals surface area (Å²) in [6.07, 6.45) is 0. The number of nitrogens with zero attached hydrogens (tertiary/aromatic N) is 1.